The number of rotatable bonds is 6. The van der Waals surface area contributed by atoms with Gasteiger partial charge in [0.15, 0.2) is 0 Å². The highest BCUT2D eigenvalue weighted by Crippen LogP contribution is 2.05. The van der Waals surface area contributed by atoms with Crippen molar-refractivity contribution in [3.05, 3.63) is 0 Å². The number of nitrogens with two attached hydrogens (primary N) is 1. The third-order valence-corrected chi connectivity index (χ3v) is 1.71. The monoisotopic (exact) mass is 159 g/mol. The summed E-state index contributed by atoms with van der Waals surface area (Å²) in [4.78, 5) is 0. The molecular formula is C10H25N. The summed E-state index contributed by atoms with van der Waals surface area (Å²) in [5, 5.41) is 0. The Morgan fingerprint density at radius 2 is 0.909 bits per heavy atom. The molecule has 0 aromatic carbocycles. The first-order valence-corrected chi connectivity index (χ1v) is 4.99. The molecule has 0 amide bonds. The molecule has 0 aromatic rings. The van der Waals surface area contributed by atoms with Crippen LogP contribution in [0.3, 0.4) is 0 Å². The lowest BCUT2D eigenvalue weighted by molar-refractivity contribution is 0.602. The summed E-state index contributed by atoms with van der Waals surface area (Å²) >= 11 is 0. The molecule has 0 rings (SSSR count). The lowest BCUT2D eigenvalue weighted by Crippen LogP contribution is -1.76. The van der Waals surface area contributed by atoms with Crippen molar-refractivity contribution < 1.29 is 0 Å². The summed E-state index contributed by atoms with van der Waals surface area (Å²) in [6, 6.07) is 0. The molecule has 70 valence electrons. The Bertz CT molecular complexity index is 38.1. The lowest BCUT2D eigenvalue weighted by atomic mass is 10.1. The van der Waals surface area contributed by atoms with Crippen LogP contribution >= 0.6 is 0 Å². The Balaban J connectivity index is 0. The minimum atomic E-state index is 1.37. The minimum absolute atomic E-state index is 1.37. The molecule has 0 spiro atoms. The first-order valence-electron chi connectivity index (χ1n) is 4.99. The Kier molecular flexibility index (Phi) is 20.3. The largest absolute Gasteiger partial charge is 0.333 e. The van der Waals surface area contributed by atoms with Crippen molar-refractivity contribution in [2.75, 3.05) is 7.05 Å². The molecule has 0 unspecified atom stereocenters. The predicted molar refractivity (Wildman–Crippen MR) is 53.8 cm³/mol. The lowest BCUT2D eigenvalue weighted by Gasteiger charge is -1.96. The van der Waals surface area contributed by atoms with E-state index >= 15 is 0 Å². The summed E-state index contributed by atoms with van der Waals surface area (Å²) in [6.45, 7) is 4.53. The molecule has 0 fully saturated rings. The molecule has 0 aliphatic heterocycles. The second-order valence-corrected chi connectivity index (χ2v) is 2.77. The van der Waals surface area contributed by atoms with Crippen molar-refractivity contribution in [1.29, 1.82) is 0 Å². The number of hydrogen-bond donors (Lipinski definition) is 1. The van der Waals surface area contributed by atoms with Crippen LogP contribution in [-0.4, -0.2) is 7.05 Å². The highest BCUT2D eigenvalue weighted by Gasteiger charge is 1.85. The van der Waals surface area contributed by atoms with E-state index in [-0.39, 0.29) is 0 Å². The standard InChI is InChI=1S/C9H20.CH5N/c1-3-5-7-9-8-6-4-2;1-2/h3-9H2,1-2H3;2H2,1H3. The van der Waals surface area contributed by atoms with Gasteiger partial charge in [-0.3, -0.25) is 0 Å². The molecule has 11 heavy (non-hydrogen) atoms. The molecule has 1 heteroatoms. The van der Waals surface area contributed by atoms with Crippen LogP contribution in [0.5, 0.6) is 0 Å². The highest BCUT2D eigenvalue weighted by atomic mass is 14.4. The van der Waals surface area contributed by atoms with Crippen molar-refractivity contribution in [2.45, 2.75) is 58.8 Å². The SMILES string of the molecule is CCCCCCCCC.CN. The van der Waals surface area contributed by atoms with Crippen molar-refractivity contribution in [2.24, 2.45) is 5.73 Å². The molecule has 0 bridgehead atoms. The zero-order valence-electron chi connectivity index (χ0n) is 8.53. The van der Waals surface area contributed by atoms with Gasteiger partial charge in [-0.05, 0) is 7.05 Å². The summed E-state index contributed by atoms with van der Waals surface area (Å²) in [6.07, 6.45) is 9.97. The third-order valence-electron chi connectivity index (χ3n) is 1.71. The van der Waals surface area contributed by atoms with E-state index in [9.17, 15) is 0 Å². The van der Waals surface area contributed by atoms with Crippen molar-refractivity contribution in [3.63, 3.8) is 0 Å². The number of unbranched alkanes of at least 4 members (excludes halogenated alkanes) is 6. The van der Waals surface area contributed by atoms with E-state index in [1.54, 1.807) is 0 Å². The third kappa shape index (κ3) is 17.8. The zero-order chi connectivity index (χ0) is 8.95. The van der Waals surface area contributed by atoms with Crippen molar-refractivity contribution >= 4 is 0 Å². The van der Waals surface area contributed by atoms with E-state index in [4.69, 9.17) is 0 Å². The van der Waals surface area contributed by atoms with Gasteiger partial charge in [-0.25, -0.2) is 0 Å². The molecule has 0 heterocycles. The summed E-state index contributed by atoms with van der Waals surface area (Å²) in [5.41, 5.74) is 4.50. The molecule has 1 nitrogen and oxygen atoms in total. The van der Waals surface area contributed by atoms with Crippen LogP contribution in [-0.2, 0) is 0 Å². The number of hydrogen-bond acceptors (Lipinski definition) is 1. The maximum atomic E-state index is 4.50. The normalized spacial score (nSPS) is 8.73. The molecule has 0 saturated heterocycles. The molecule has 0 aliphatic carbocycles. The zero-order valence-corrected chi connectivity index (χ0v) is 8.53. The van der Waals surface area contributed by atoms with E-state index in [1.807, 2.05) is 0 Å². The summed E-state index contributed by atoms with van der Waals surface area (Å²) in [7, 11) is 1.50. The fraction of sp³-hybridized carbons (Fsp3) is 1.00. The molecule has 0 aliphatic rings. The first-order chi connectivity index (χ1) is 5.41. The Morgan fingerprint density at radius 3 is 1.18 bits per heavy atom. The fourth-order valence-corrected chi connectivity index (χ4v) is 1.03. The molecule has 0 aromatic heterocycles. The van der Waals surface area contributed by atoms with E-state index in [0.717, 1.165) is 0 Å². The van der Waals surface area contributed by atoms with Gasteiger partial charge in [0.05, 0.1) is 0 Å². The molecule has 2 N–H and O–H groups in total. The van der Waals surface area contributed by atoms with Crippen LogP contribution in [0.15, 0.2) is 0 Å². The fourth-order valence-electron chi connectivity index (χ4n) is 1.03. The minimum Gasteiger partial charge on any atom is -0.333 e. The summed E-state index contributed by atoms with van der Waals surface area (Å²) < 4.78 is 0. The molecule has 0 atom stereocenters. The van der Waals surface area contributed by atoms with Crippen LogP contribution in [0.2, 0.25) is 0 Å². The average molecular weight is 159 g/mol. The molecule has 0 radical (unpaired) electrons. The maximum Gasteiger partial charge on any atom is -0.0195 e. The first kappa shape index (κ1) is 13.5. The maximum absolute atomic E-state index is 4.50. The van der Waals surface area contributed by atoms with Gasteiger partial charge in [0, 0.05) is 0 Å². The second kappa shape index (κ2) is 16.5. The molecular weight excluding hydrogens is 134 g/mol. The van der Waals surface area contributed by atoms with E-state index in [1.165, 1.54) is 52.0 Å². The average Bonchev–Trinajstić information content (AvgIpc) is 2.08. The van der Waals surface area contributed by atoms with Gasteiger partial charge in [-0.2, -0.15) is 0 Å². The van der Waals surface area contributed by atoms with Gasteiger partial charge in [0.1, 0.15) is 0 Å². The van der Waals surface area contributed by atoms with Gasteiger partial charge in [-0.15, -0.1) is 0 Å². The second-order valence-electron chi connectivity index (χ2n) is 2.77. The van der Waals surface area contributed by atoms with Crippen LogP contribution in [0.1, 0.15) is 58.8 Å². The van der Waals surface area contributed by atoms with E-state index in [0.29, 0.717) is 0 Å². The Hall–Kier alpha value is -0.0400. The topological polar surface area (TPSA) is 26.0 Å². The van der Waals surface area contributed by atoms with E-state index in [2.05, 4.69) is 19.6 Å². The predicted octanol–water partition coefficient (Wildman–Crippen LogP) is 3.33. The molecule has 0 saturated carbocycles. The van der Waals surface area contributed by atoms with Gasteiger partial charge >= 0.3 is 0 Å². The van der Waals surface area contributed by atoms with Crippen LogP contribution in [0.25, 0.3) is 0 Å². The van der Waals surface area contributed by atoms with Crippen LogP contribution in [0, 0.1) is 0 Å². The van der Waals surface area contributed by atoms with Gasteiger partial charge in [0.25, 0.3) is 0 Å². The van der Waals surface area contributed by atoms with Crippen molar-refractivity contribution in [1.82, 2.24) is 0 Å². The smallest absolute Gasteiger partial charge is 0.0195 e. The Morgan fingerprint density at radius 1 is 0.636 bits per heavy atom. The quantitative estimate of drug-likeness (QED) is 0.591. The highest BCUT2D eigenvalue weighted by molar-refractivity contribution is 4.41. The van der Waals surface area contributed by atoms with Gasteiger partial charge in [-0.1, -0.05) is 58.8 Å². The summed E-state index contributed by atoms with van der Waals surface area (Å²) in [5.74, 6) is 0. The van der Waals surface area contributed by atoms with Gasteiger partial charge in [0.2, 0.25) is 0 Å². The van der Waals surface area contributed by atoms with Crippen LogP contribution < -0.4 is 5.73 Å². The van der Waals surface area contributed by atoms with Gasteiger partial charge < -0.3 is 5.73 Å². The van der Waals surface area contributed by atoms with Crippen LogP contribution in [0.4, 0.5) is 0 Å². The Labute approximate surface area is 72.4 Å². The van der Waals surface area contributed by atoms with E-state index < -0.39 is 0 Å². The van der Waals surface area contributed by atoms with Crippen molar-refractivity contribution in [3.8, 4) is 0 Å².